The minimum absolute atomic E-state index is 0.242. The summed E-state index contributed by atoms with van der Waals surface area (Å²) in [6.45, 7) is 3.91. The Hall–Kier alpha value is -0.480. The molecule has 4 heteroatoms. The molecule has 0 radical (unpaired) electrons. The normalized spacial score (nSPS) is 11.7. The zero-order chi connectivity index (χ0) is 9.19. The Morgan fingerprint density at radius 2 is 1.92 bits per heavy atom. The topological polar surface area (TPSA) is 51.8 Å². The van der Waals surface area contributed by atoms with E-state index in [4.69, 9.17) is 5.73 Å². The highest BCUT2D eigenvalue weighted by atomic mass is 79.9. The molecule has 0 bridgehead atoms. The van der Waals surface area contributed by atoms with Crippen LogP contribution in [0, 0.1) is 0 Å². The Morgan fingerprint density at radius 3 is 2.33 bits per heavy atom. The van der Waals surface area contributed by atoms with E-state index < -0.39 is 0 Å². The number of hydrogen-bond acceptors (Lipinski definition) is 3. The molecule has 0 unspecified atom stereocenters. The predicted molar refractivity (Wildman–Crippen MR) is 51.7 cm³/mol. The van der Waals surface area contributed by atoms with E-state index in [0.717, 1.165) is 10.3 Å². The standard InChI is InChI=1S/C8H12BrN3/c1-8(2,10)3-7-11-4-6(9)5-12-7/h4-5H,3,10H2,1-2H3. The van der Waals surface area contributed by atoms with E-state index in [1.54, 1.807) is 12.4 Å². The molecule has 2 N–H and O–H groups in total. The van der Waals surface area contributed by atoms with Gasteiger partial charge >= 0.3 is 0 Å². The molecule has 1 aromatic rings. The molecule has 0 amide bonds. The molecule has 0 aromatic carbocycles. The molecule has 1 rings (SSSR count). The van der Waals surface area contributed by atoms with Crippen molar-refractivity contribution in [2.24, 2.45) is 5.73 Å². The Bertz CT molecular complexity index is 250. The summed E-state index contributed by atoms with van der Waals surface area (Å²) >= 11 is 3.27. The second kappa shape index (κ2) is 3.49. The minimum Gasteiger partial charge on any atom is -0.325 e. The summed E-state index contributed by atoms with van der Waals surface area (Å²) in [4.78, 5) is 8.25. The lowest BCUT2D eigenvalue weighted by atomic mass is 10.0. The van der Waals surface area contributed by atoms with E-state index in [0.29, 0.717) is 6.42 Å². The highest BCUT2D eigenvalue weighted by Gasteiger charge is 2.12. The zero-order valence-electron chi connectivity index (χ0n) is 7.21. The quantitative estimate of drug-likeness (QED) is 0.837. The number of nitrogens with zero attached hydrogens (tertiary/aromatic N) is 2. The van der Waals surface area contributed by atoms with Gasteiger partial charge in [-0.25, -0.2) is 9.97 Å². The maximum Gasteiger partial charge on any atom is 0.130 e. The third kappa shape index (κ3) is 3.28. The first-order chi connectivity index (χ1) is 5.47. The number of rotatable bonds is 2. The summed E-state index contributed by atoms with van der Waals surface area (Å²) < 4.78 is 0.890. The Balaban J connectivity index is 2.71. The van der Waals surface area contributed by atoms with Gasteiger partial charge in [0.1, 0.15) is 5.82 Å². The van der Waals surface area contributed by atoms with Crippen LogP contribution in [0.15, 0.2) is 16.9 Å². The zero-order valence-corrected chi connectivity index (χ0v) is 8.80. The molecule has 1 aromatic heterocycles. The lowest BCUT2D eigenvalue weighted by molar-refractivity contribution is 0.502. The van der Waals surface area contributed by atoms with Gasteiger partial charge in [0, 0.05) is 24.4 Å². The first-order valence-electron chi connectivity index (χ1n) is 3.73. The van der Waals surface area contributed by atoms with Crippen molar-refractivity contribution in [3.8, 4) is 0 Å². The van der Waals surface area contributed by atoms with E-state index in [1.807, 2.05) is 13.8 Å². The van der Waals surface area contributed by atoms with Gasteiger partial charge < -0.3 is 5.73 Å². The van der Waals surface area contributed by atoms with Crippen LogP contribution in [0.2, 0.25) is 0 Å². The summed E-state index contributed by atoms with van der Waals surface area (Å²) in [6, 6.07) is 0. The van der Waals surface area contributed by atoms with Crippen LogP contribution >= 0.6 is 15.9 Å². The van der Waals surface area contributed by atoms with E-state index in [1.165, 1.54) is 0 Å². The van der Waals surface area contributed by atoms with Gasteiger partial charge in [0.25, 0.3) is 0 Å². The summed E-state index contributed by atoms with van der Waals surface area (Å²) in [6.07, 6.45) is 4.16. The molecule has 3 nitrogen and oxygen atoms in total. The predicted octanol–water partition coefficient (Wildman–Crippen LogP) is 1.52. The van der Waals surface area contributed by atoms with Crippen LogP contribution < -0.4 is 5.73 Å². The van der Waals surface area contributed by atoms with Crippen molar-refractivity contribution in [3.63, 3.8) is 0 Å². The molecule has 0 aliphatic heterocycles. The molecule has 0 spiro atoms. The summed E-state index contributed by atoms with van der Waals surface area (Å²) in [5.74, 6) is 0.783. The molecule has 0 fully saturated rings. The molecule has 1 heterocycles. The van der Waals surface area contributed by atoms with Crippen molar-refractivity contribution >= 4 is 15.9 Å². The molecule has 0 aliphatic rings. The van der Waals surface area contributed by atoms with Crippen molar-refractivity contribution in [1.82, 2.24) is 9.97 Å². The van der Waals surface area contributed by atoms with Crippen molar-refractivity contribution in [1.29, 1.82) is 0 Å². The van der Waals surface area contributed by atoms with Gasteiger partial charge in [0.05, 0.1) is 4.47 Å². The largest absolute Gasteiger partial charge is 0.325 e. The van der Waals surface area contributed by atoms with Gasteiger partial charge in [-0.2, -0.15) is 0 Å². The average Bonchev–Trinajstić information content (AvgIpc) is 1.91. The number of nitrogens with two attached hydrogens (primary N) is 1. The second-order valence-corrected chi connectivity index (χ2v) is 4.40. The van der Waals surface area contributed by atoms with Crippen molar-refractivity contribution in [2.75, 3.05) is 0 Å². The van der Waals surface area contributed by atoms with Crippen molar-refractivity contribution in [3.05, 3.63) is 22.7 Å². The Kier molecular flexibility index (Phi) is 2.80. The van der Waals surface area contributed by atoms with E-state index >= 15 is 0 Å². The molecule has 66 valence electrons. The monoisotopic (exact) mass is 229 g/mol. The Labute approximate surface area is 80.5 Å². The van der Waals surface area contributed by atoms with Crippen LogP contribution in [0.4, 0.5) is 0 Å². The fraction of sp³-hybridized carbons (Fsp3) is 0.500. The van der Waals surface area contributed by atoms with E-state index in [2.05, 4.69) is 25.9 Å². The van der Waals surface area contributed by atoms with Crippen LogP contribution in [0.3, 0.4) is 0 Å². The maximum atomic E-state index is 5.81. The molecule has 0 atom stereocenters. The molecular weight excluding hydrogens is 218 g/mol. The van der Waals surface area contributed by atoms with Crippen LogP contribution in [0.25, 0.3) is 0 Å². The van der Waals surface area contributed by atoms with Crippen molar-refractivity contribution < 1.29 is 0 Å². The number of aromatic nitrogens is 2. The fourth-order valence-corrected chi connectivity index (χ4v) is 1.04. The van der Waals surface area contributed by atoms with Crippen LogP contribution in [0.5, 0.6) is 0 Å². The first-order valence-corrected chi connectivity index (χ1v) is 4.52. The third-order valence-electron chi connectivity index (χ3n) is 1.29. The van der Waals surface area contributed by atoms with Gasteiger partial charge in [-0.3, -0.25) is 0 Å². The molecule has 0 saturated carbocycles. The minimum atomic E-state index is -0.242. The molecule has 0 aliphatic carbocycles. The number of hydrogen-bond donors (Lipinski definition) is 1. The van der Waals surface area contributed by atoms with Gasteiger partial charge in [-0.05, 0) is 29.8 Å². The molecule has 0 saturated heterocycles. The van der Waals surface area contributed by atoms with Crippen molar-refractivity contribution in [2.45, 2.75) is 25.8 Å². The summed E-state index contributed by atoms with van der Waals surface area (Å²) in [7, 11) is 0. The summed E-state index contributed by atoms with van der Waals surface area (Å²) in [5.41, 5.74) is 5.57. The van der Waals surface area contributed by atoms with Crippen LogP contribution in [-0.2, 0) is 6.42 Å². The SMILES string of the molecule is CC(C)(N)Cc1ncc(Br)cn1. The van der Waals surface area contributed by atoms with Crippen LogP contribution in [0.1, 0.15) is 19.7 Å². The van der Waals surface area contributed by atoms with Gasteiger partial charge in [-0.15, -0.1) is 0 Å². The lowest BCUT2D eigenvalue weighted by Gasteiger charge is -2.16. The highest BCUT2D eigenvalue weighted by Crippen LogP contribution is 2.08. The van der Waals surface area contributed by atoms with Gasteiger partial charge in [-0.1, -0.05) is 0 Å². The van der Waals surface area contributed by atoms with E-state index in [9.17, 15) is 0 Å². The summed E-state index contributed by atoms with van der Waals surface area (Å²) in [5, 5.41) is 0. The number of halogens is 1. The van der Waals surface area contributed by atoms with Gasteiger partial charge in [0.2, 0.25) is 0 Å². The maximum absolute atomic E-state index is 5.81. The Morgan fingerprint density at radius 1 is 1.42 bits per heavy atom. The third-order valence-corrected chi connectivity index (χ3v) is 1.70. The highest BCUT2D eigenvalue weighted by molar-refractivity contribution is 9.10. The van der Waals surface area contributed by atoms with Crippen LogP contribution in [-0.4, -0.2) is 15.5 Å². The second-order valence-electron chi connectivity index (χ2n) is 3.48. The molecular formula is C8H12BrN3. The fourth-order valence-electron chi connectivity index (χ4n) is 0.838. The molecule has 12 heavy (non-hydrogen) atoms. The van der Waals surface area contributed by atoms with Gasteiger partial charge in [0.15, 0.2) is 0 Å². The van der Waals surface area contributed by atoms with E-state index in [-0.39, 0.29) is 5.54 Å². The smallest absolute Gasteiger partial charge is 0.130 e. The lowest BCUT2D eigenvalue weighted by Crippen LogP contribution is -2.35. The average molecular weight is 230 g/mol. The first kappa shape index (κ1) is 9.61.